The summed E-state index contributed by atoms with van der Waals surface area (Å²) < 4.78 is 9.86. The maximum absolute atomic E-state index is 14.6. The van der Waals surface area contributed by atoms with Gasteiger partial charge in [-0.3, -0.25) is 9.59 Å². The third-order valence-corrected chi connectivity index (χ3v) is 8.49. The van der Waals surface area contributed by atoms with Crippen LogP contribution in [-0.4, -0.2) is 52.3 Å². The topological polar surface area (TPSA) is 126 Å². The minimum absolute atomic E-state index is 0.0475. The van der Waals surface area contributed by atoms with Crippen molar-refractivity contribution in [3.63, 3.8) is 0 Å². The number of Topliss-reactive ketones (excluding diaryl/α,β-unsaturated/α-hetero) is 1. The number of fused-ring (bicyclic) bond motifs is 2. The Balaban J connectivity index is 1.59. The summed E-state index contributed by atoms with van der Waals surface area (Å²) >= 11 is 0. The standard InChI is InChI=1S/C38H33N7O4/c1-7-49-37(48)33-31(24(5)44(41-33)27-16-10-22(3)11-17-27)30-20-29(26-14-8-21(2)9-15-26)32-34(39-30)40-38-43(36(32)47)35(25(6)46)42-45(38)28-18-12-23(4)13-19-28/h8-20H,7H2,1-6H3. The summed E-state index contributed by atoms with van der Waals surface area (Å²) in [4.78, 5) is 50.7. The molecule has 3 aromatic carbocycles. The summed E-state index contributed by atoms with van der Waals surface area (Å²) in [5, 5.41) is 9.47. The number of rotatable bonds is 7. The molecule has 7 rings (SSSR count). The van der Waals surface area contributed by atoms with Crippen LogP contribution in [-0.2, 0) is 4.74 Å². The lowest BCUT2D eigenvalue weighted by Crippen LogP contribution is -2.20. The highest BCUT2D eigenvalue weighted by Gasteiger charge is 2.28. The van der Waals surface area contributed by atoms with E-state index in [-0.39, 0.29) is 34.9 Å². The van der Waals surface area contributed by atoms with Crippen molar-refractivity contribution in [2.45, 2.75) is 41.5 Å². The van der Waals surface area contributed by atoms with Crippen molar-refractivity contribution in [1.29, 1.82) is 0 Å². The van der Waals surface area contributed by atoms with Gasteiger partial charge in [-0.15, -0.1) is 5.10 Å². The van der Waals surface area contributed by atoms with Crippen LogP contribution < -0.4 is 5.56 Å². The number of hydrogen-bond acceptors (Lipinski definition) is 8. The number of esters is 1. The molecule has 0 amide bonds. The number of ketones is 1. The Kier molecular flexibility index (Phi) is 7.74. The van der Waals surface area contributed by atoms with Crippen LogP contribution in [0.15, 0.2) is 83.7 Å². The molecule has 0 unspecified atom stereocenters. The quantitative estimate of drug-likeness (QED) is 0.140. The van der Waals surface area contributed by atoms with Gasteiger partial charge >= 0.3 is 5.97 Å². The largest absolute Gasteiger partial charge is 0.461 e. The van der Waals surface area contributed by atoms with Gasteiger partial charge in [-0.2, -0.15) is 14.8 Å². The van der Waals surface area contributed by atoms with E-state index in [1.165, 1.54) is 16.0 Å². The first-order valence-corrected chi connectivity index (χ1v) is 15.9. The Morgan fingerprint density at radius 2 is 1.33 bits per heavy atom. The lowest BCUT2D eigenvalue weighted by atomic mass is 9.98. The van der Waals surface area contributed by atoms with Gasteiger partial charge in [-0.25, -0.2) is 18.9 Å². The van der Waals surface area contributed by atoms with Crippen molar-refractivity contribution in [2.75, 3.05) is 6.61 Å². The number of aromatic nitrogens is 7. The lowest BCUT2D eigenvalue weighted by molar-refractivity contribution is 0.0519. The number of hydrogen-bond donors (Lipinski definition) is 0. The number of carbonyl (C=O) groups is 2. The maximum Gasteiger partial charge on any atom is 0.359 e. The molecule has 11 nitrogen and oxygen atoms in total. The first-order chi connectivity index (χ1) is 23.5. The van der Waals surface area contributed by atoms with Gasteiger partial charge in [0.05, 0.1) is 40.3 Å². The van der Waals surface area contributed by atoms with Crippen LogP contribution >= 0.6 is 0 Å². The average molecular weight is 652 g/mol. The fourth-order valence-corrected chi connectivity index (χ4v) is 5.95. The minimum atomic E-state index is -0.600. The van der Waals surface area contributed by atoms with E-state index in [1.807, 2.05) is 100 Å². The van der Waals surface area contributed by atoms with Crippen LogP contribution in [0.3, 0.4) is 0 Å². The highest BCUT2D eigenvalue weighted by Crippen LogP contribution is 2.35. The summed E-state index contributed by atoms with van der Waals surface area (Å²) in [5.41, 5.74) is 7.00. The molecule has 0 atom stereocenters. The van der Waals surface area contributed by atoms with Crippen molar-refractivity contribution in [3.05, 3.63) is 123 Å². The second kappa shape index (κ2) is 12.1. The van der Waals surface area contributed by atoms with Crippen LogP contribution in [0.25, 0.3) is 50.6 Å². The van der Waals surface area contributed by atoms with Gasteiger partial charge in [0.1, 0.15) is 0 Å². The van der Waals surface area contributed by atoms with E-state index in [0.29, 0.717) is 28.2 Å². The average Bonchev–Trinajstić information content (AvgIpc) is 3.64. The number of pyridine rings is 1. The molecular weight excluding hydrogens is 618 g/mol. The predicted octanol–water partition coefficient (Wildman–Crippen LogP) is 6.56. The third kappa shape index (κ3) is 5.38. The molecule has 4 aromatic heterocycles. The molecule has 0 radical (unpaired) electrons. The Morgan fingerprint density at radius 1 is 0.755 bits per heavy atom. The van der Waals surface area contributed by atoms with Crippen LogP contribution in [0.1, 0.15) is 57.3 Å². The molecule has 0 saturated carbocycles. The summed E-state index contributed by atoms with van der Waals surface area (Å²) in [6, 6.07) is 24.8. The van der Waals surface area contributed by atoms with Crippen molar-refractivity contribution in [3.8, 4) is 33.8 Å². The Bertz CT molecular complexity index is 2490. The van der Waals surface area contributed by atoms with Gasteiger partial charge < -0.3 is 4.74 Å². The highest BCUT2D eigenvalue weighted by molar-refractivity contribution is 6.00. The van der Waals surface area contributed by atoms with E-state index in [1.54, 1.807) is 17.7 Å². The van der Waals surface area contributed by atoms with E-state index >= 15 is 0 Å². The van der Waals surface area contributed by atoms with Gasteiger partial charge in [0.15, 0.2) is 17.1 Å². The van der Waals surface area contributed by atoms with Gasteiger partial charge in [0.25, 0.3) is 5.56 Å². The molecule has 0 aliphatic rings. The Hall–Kier alpha value is -6.23. The molecule has 0 bridgehead atoms. The smallest absolute Gasteiger partial charge is 0.359 e. The van der Waals surface area contributed by atoms with E-state index < -0.39 is 17.3 Å². The van der Waals surface area contributed by atoms with Crippen molar-refractivity contribution in [1.82, 2.24) is 33.9 Å². The molecule has 0 aliphatic carbocycles. The maximum atomic E-state index is 14.6. The molecule has 0 saturated heterocycles. The SMILES string of the molecule is CCOC(=O)c1nn(-c2ccc(C)cc2)c(C)c1-c1cc(-c2ccc(C)cc2)c2c(=O)n3c(C(C)=O)nn(-c4ccc(C)cc4)c3nc2n1. The molecule has 0 spiro atoms. The van der Waals surface area contributed by atoms with Crippen LogP contribution in [0.2, 0.25) is 0 Å². The van der Waals surface area contributed by atoms with Gasteiger partial charge in [0, 0.05) is 12.5 Å². The van der Waals surface area contributed by atoms with Crippen molar-refractivity contribution < 1.29 is 14.3 Å². The zero-order chi connectivity index (χ0) is 34.6. The molecule has 7 aromatic rings. The zero-order valence-electron chi connectivity index (χ0n) is 28.0. The zero-order valence-corrected chi connectivity index (χ0v) is 28.0. The number of benzene rings is 3. The molecule has 0 fully saturated rings. The number of aryl methyl sites for hydroxylation is 3. The summed E-state index contributed by atoms with van der Waals surface area (Å²) in [6.45, 7) is 11.1. The third-order valence-electron chi connectivity index (χ3n) is 8.49. The molecule has 0 aliphatic heterocycles. The fraction of sp³-hybridized carbons (Fsp3) is 0.184. The predicted molar refractivity (Wildman–Crippen MR) is 187 cm³/mol. The van der Waals surface area contributed by atoms with Gasteiger partial charge in [-0.05, 0) is 70.5 Å². The van der Waals surface area contributed by atoms with Crippen molar-refractivity contribution in [2.24, 2.45) is 0 Å². The molecule has 11 heteroatoms. The molecule has 0 N–H and O–H groups in total. The highest BCUT2D eigenvalue weighted by atomic mass is 16.5. The van der Waals surface area contributed by atoms with E-state index in [9.17, 15) is 14.4 Å². The van der Waals surface area contributed by atoms with E-state index in [0.717, 1.165) is 27.9 Å². The number of nitrogens with zero attached hydrogens (tertiary/aromatic N) is 7. The fourth-order valence-electron chi connectivity index (χ4n) is 5.95. The van der Waals surface area contributed by atoms with E-state index in [2.05, 4.69) is 5.10 Å². The van der Waals surface area contributed by atoms with Crippen molar-refractivity contribution >= 4 is 28.6 Å². The Morgan fingerprint density at radius 3 is 1.90 bits per heavy atom. The van der Waals surface area contributed by atoms with Gasteiger partial charge in [0.2, 0.25) is 11.6 Å². The van der Waals surface area contributed by atoms with Crippen LogP contribution in [0.4, 0.5) is 0 Å². The Labute approximate surface area is 281 Å². The summed E-state index contributed by atoms with van der Waals surface area (Å²) in [5.74, 6) is -0.909. The van der Waals surface area contributed by atoms with Crippen LogP contribution in [0, 0.1) is 27.7 Å². The number of ether oxygens (including phenoxy) is 1. The first-order valence-electron chi connectivity index (χ1n) is 15.9. The number of carbonyl (C=O) groups excluding carboxylic acids is 2. The first kappa shape index (κ1) is 31.4. The molecule has 49 heavy (non-hydrogen) atoms. The molecule has 244 valence electrons. The monoisotopic (exact) mass is 651 g/mol. The minimum Gasteiger partial charge on any atom is -0.461 e. The van der Waals surface area contributed by atoms with Gasteiger partial charge in [-0.1, -0.05) is 65.2 Å². The second-order valence-electron chi connectivity index (χ2n) is 12.1. The molecular formula is C38H33N7O4. The molecule has 4 heterocycles. The lowest BCUT2D eigenvalue weighted by Gasteiger charge is -2.12. The van der Waals surface area contributed by atoms with Crippen LogP contribution in [0.5, 0.6) is 0 Å². The van der Waals surface area contributed by atoms with E-state index in [4.69, 9.17) is 19.8 Å². The summed E-state index contributed by atoms with van der Waals surface area (Å²) in [7, 11) is 0. The normalized spacial score (nSPS) is 11.4. The second-order valence-corrected chi connectivity index (χ2v) is 12.1. The summed E-state index contributed by atoms with van der Waals surface area (Å²) in [6.07, 6.45) is 0.